The molecule has 26 heavy (non-hydrogen) atoms. The van der Waals surface area contributed by atoms with E-state index in [1.165, 1.54) is 49.4 Å². The van der Waals surface area contributed by atoms with E-state index in [-0.39, 0.29) is 22.9 Å². The van der Waals surface area contributed by atoms with Crippen LogP contribution in [0, 0.1) is 10.1 Å². The van der Waals surface area contributed by atoms with Crippen LogP contribution >= 0.6 is 11.3 Å². The second kappa shape index (κ2) is 8.34. The van der Waals surface area contributed by atoms with Crippen LogP contribution in [0.4, 0.5) is 5.69 Å². The molecule has 0 aliphatic rings. The lowest BCUT2D eigenvalue weighted by Crippen LogP contribution is -2.23. The summed E-state index contributed by atoms with van der Waals surface area (Å²) < 4.78 is 5.14. The van der Waals surface area contributed by atoms with Crippen LogP contribution in [0.3, 0.4) is 0 Å². The molecule has 0 spiro atoms. The van der Waals surface area contributed by atoms with Gasteiger partial charge in [0.25, 0.3) is 5.69 Å². The molecule has 0 radical (unpaired) electrons. The van der Waals surface area contributed by atoms with Crippen LogP contribution in [0.15, 0.2) is 36.4 Å². The highest BCUT2D eigenvalue weighted by Gasteiger charge is 2.22. The number of esters is 1. The number of hydrogen-bond acceptors (Lipinski definition) is 7. The number of rotatable bonds is 7. The van der Waals surface area contributed by atoms with Gasteiger partial charge >= 0.3 is 5.97 Å². The molecule has 136 valence electrons. The number of non-ortho nitro benzene ring substituents is 1. The molecule has 8 nitrogen and oxygen atoms in total. The van der Waals surface area contributed by atoms with Gasteiger partial charge in [-0.1, -0.05) is 0 Å². The monoisotopic (exact) mass is 376 g/mol. The maximum absolute atomic E-state index is 12.4. The van der Waals surface area contributed by atoms with Gasteiger partial charge in [0, 0.05) is 23.9 Å². The Kier molecular flexibility index (Phi) is 6.18. The number of thiophene rings is 1. The maximum atomic E-state index is 12.4. The van der Waals surface area contributed by atoms with Crippen LogP contribution in [0.25, 0.3) is 0 Å². The number of amides is 1. The molecule has 1 unspecified atom stereocenters. The van der Waals surface area contributed by atoms with E-state index in [2.05, 4.69) is 5.32 Å². The normalized spacial score (nSPS) is 11.5. The quantitative estimate of drug-likeness (QED) is 0.344. The van der Waals surface area contributed by atoms with Crippen molar-refractivity contribution in [1.29, 1.82) is 0 Å². The van der Waals surface area contributed by atoms with Crippen molar-refractivity contribution in [3.63, 3.8) is 0 Å². The van der Waals surface area contributed by atoms with Crippen LogP contribution in [0.5, 0.6) is 0 Å². The molecule has 0 saturated carbocycles. The molecular formula is C17H16N2O6S. The minimum atomic E-state index is -1.01. The van der Waals surface area contributed by atoms with Crippen LogP contribution in [-0.4, -0.2) is 28.7 Å². The molecule has 1 atom stereocenters. The third-order valence-corrected chi connectivity index (χ3v) is 4.48. The summed E-state index contributed by atoms with van der Waals surface area (Å²) in [6, 6.07) is 8.26. The fourth-order valence-corrected chi connectivity index (χ4v) is 2.98. The van der Waals surface area contributed by atoms with Gasteiger partial charge in [-0.3, -0.25) is 19.7 Å². The molecule has 1 N–H and O–H groups in total. The number of nitrogens with zero attached hydrogens (tertiary/aromatic N) is 1. The van der Waals surface area contributed by atoms with Crippen molar-refractivity contribution >= 4 is 34.7 Å². The number of nitro benzene ring substituents is 1. The van der Waals surface area contributed by atoms with Crippen LogP contribution in [0.2, 0.25) is 0 Å². The average molecular weight is 376 g/mol. The van der Waals surface area contributed by atoms with E-state index in [4.69, 9.17) is 4.74 Å². The minimum absolute atomic E-state index is 0.118. The van der Waals surface area contributed by atoms with Crippen LogP contribution < -0.4 is 5.32 Å². The Morgan fingerprint density at radius 3 is 2.42 bits per heavy atom. The van der Waals surface area contributed by atoms with E-state index >= 15 is 0 Å². The molecule has 1 amide bonds. The summed E-state index contributed by atoms with van der Waals surface area (Å²) in [5.41, 5.74) is -0.0243. The van der Waals surface area contributed by atoms with Crippen molar-refractivity contribution in [3.05, 3.63) is 61.8 Å². The second-order valence-electron chi connectivity index (χ2n) is 5.39. The first-order chi connectivity index (χ1) is 12.3. The molecule has 0 aliphatic carbocycles. The Morgan fingerprint density at radius 1 is 1.19 bits per heavy atom. The molecule has 1 aromatic heterocycles. The Hall–Kier alpha value is -3.07. The zero-order chi connectivity index (χ0) is 19.3. The Balaban J connectivity index is 1.98. The fraction of sp³-hybridized carbons (Fsp3) is 0.235. The third-order valence-electron chi connectivity index (χ3n) is 3.38. The lowest BCUT2D eigenvalue weighted by Gasteiger charge is -2.11. The number of benzene rings is 1. The van der Waals surface area contributed by atoms with Crippen molar-refractivity contribution in [1.82, 2.24) is 5.32 Å². The molecule has 2 rings (SSSR count). The van der Waals surface area contributed by atoms with Gasteiger partial charge in [0.1, 0.15) is 0 Å². The maximum Gasteiger partial charge on any atom is 0.338 e. The molecule has 0 bridgehead atoms. The molecule has 0 saturated heterocycles. The fourth-order valence-electron chi connectivity index (χ4n) is 2.02. The van der Waals surface area contributed by atoms with Crippen molar-refractivity contribution in [2.45, 2.75) is 26.5 Å². The van der Waals surface area contributed by atoms with Crippen molar-refractivity contribution < 1.29 is 24.0 Å². The van der Waals surface area contributed by atoms with Gasteiger partial charge in [0.15, 0.2) is 6.10 Å². The molecule has 2 aromatic rings. The average Bonchev–Trinajstić information content (AvgIpc) is 3.08. The zero-order valence-electron chi connectivity index (χ0n) is 14.1. The van der Waals surface area contributed by atoms with E-state index < -0.39 is 17.0 Å². The summed E-state index contributed by atoms with van der Waals surface area (Å²) in [4.78, 5) is 46.6. The highest BCUT2D eigenvalue weighted by molar-refractivity contribution is 7.14. The highest BCUT2D eigenvalue weighted by Crippen LogP contribution is 2.20. The highest BCUT2D eigenvalue weighted by atomic mass is 32.1. The molecule has 9 heteroatoms. The Labute approximate surface area is 152 Å². The lowest BCUT2D eigenvalue weighted by atomic mass is 10.2. The second-order valence-corrected chi connectivity index (χ2v) is 6.56. The van der Waals surface area contributed by atoms with E-state index in [9.17, 15) is 24.5 Å². The summed E-state index contributed by atoms with van der Waals surface area (Å²) in [5.74, 6) is -1.27. The largest absolute Gasteiger partial charge is 0.451 e. The number of Topliss-reactive ketones (excluding diaryl/α,β-unsaturated/α-hetero) is 1. The Bertz CT molecular complexity index is 843. The van der Waals surface area contributed by atoms with Gasteiger partial charge in [-0.15, -0.1) is 11.3 Å². The van der Waals surface area contributed by atoms with E-state index in [1.807, 2.05) is 0 Å². The van der Waals surface area contributed by atoms with E-state index in [0.29, 0.717) is 11.4 Å². The number of hydrogen-bond donors (Lipinski definition) is 1. The zero-order valence-corrected chi connectivity index (χ0v) is 14.9. The summed E-state index contributed by atoms with van der Waals surface area (Å²) in [7, 11) is 0. The molecule has 1 heterocycles. The summed E-state index contributed by atoms with van der Waals surface area (Å²) in [6.45, 7) is 3.18. The Morgan fingerprint density at radius 2 is 1.85 bits per heavy atom. The number of carbonyl (C=O) groups excluding carboxylic acids is 3. The lowest BCUT2D eigenvalue weighted by molar-refractivity contribution is -0.384. The first-order valence-electron chi connectivity index (χ1n) is 7.60. The standard InChI is InChI=1S/C17H16N2O6S/c1-10(16(21)15-8-7-14(26-15)9-18-11(2)20)25-17(22)12-3-5-13(6-4-12)19(23)24/h3-8,10H,9H2,1-2H3,(H,18,20). The molecule has 0 fully saturated rings. The third kappa shape index (κ3) is 4.96. The number of carbonyl (C=O) groups is 3. The van der Waals surface area contributed by atoms with Crippen LogP contribution in [-0.2, 0) is 16.1 Å². The predicted molar refractivity (Wildman–Crippen MR) is 94.1 cm³/mol. The number of ether oxygens (including phenoxy) is 1. The van der Waals surface area contributed by atoms with E-state index in [1.54, 1.807) is 12.1 Å². The van der Waals surface area contributed by atoms with Gasteiger partial charge < -0.3 is 10.1 Å². The smallest absolute Gasteiger partial charge is 0.338 e. The SMILES string of the molecule is CC(=O)NCc1ccc(C(=O)C(C)OC(=O)c2ccc([N+](=O)[O-])cc2)s1. The minimum Gasteiger partial charge on any atom is -0.451 e. The van der Waals surface area contributed by atoms with Crippen molar-refractivity contribution in [2.24, 2.45) is 0 Å². The molecule has 0 aliphatic heterocycles. The first kappa shape index (κ1) is 19.3. The topological polar surface area (TPSA) is 116 Å². The van der Waals surface area contributed by atoms with Gasteiger partial charge in [-0.05, 0) is 31.2 Å². The van der Waals surface area contributed by atoms with Gasteiger partial charge in [-0.25, -0.2) is 4.79 Å². The first-order valence-corrected chi connectivity index (χ1v) is 8.42. The number of nitro groups is 1. The number of ketones is 1. The summed E-state index contributed by atoms with van der Waals surface area (Å²) in [6.07, 6.45) is -1.01. The van der Waals surface area contributed by atoms with Gasteiger partial charge in [-0.2, -0.15) is 0 Å². The molecule has 1 aromatic carbocycles. The van der Waals surface area contributed by atoms with Crippen LogP contribution in [0.1, 0.15) is 38.8 Å². The molecular weight excluding hydrogens is 360 g/mol. The van der Waals surface area contributed by atoms with Gasteiger partial charge in [0.05, 0.1) is 21.9 Å². The van der Waals surface area contributed by atoms with Crippen molar-refractivity contribution in [2.75, 3.05) is 0 Å². The predicted octanol–water partition coefficient (Wildman–Crippen LogP) is 2.72. The van der Waals surface area contributed by atoms with Crippen molar-refractivity contribution in [3.8, 4) is 0 Å². The summed E-state index contributed by atoms with van der Waals surface area (Å²) in [5, 5.41) is 13.3. The van der Waals surface area contributed by atoms with Gasteiger partial charge in [0.2, 0.25) is 11.7 Å². The summed E-state index contributed by atoms with van der Waals surface area (Å²) >= 11 is 1.21. The van der Waals surface area contributed by atoms with E-state index in [0.717, 1.165) is 4.88 Å². The number of nitrogens with one attached hydrogen (secondary N) is 1.